The number of hydrogen-bond acceptors (Lipinski definition) is 6. The molecule has 8 heteroatoms. The fourth-order valence-corrected chi connectivity index (χ4v) is 2.93. The van der Waals surface area contributed by atoms with Crippen LogP contribution < -0.4 is 10.1 Å². The molecule has 1 aromatic heterocycles. The van der Waals surface area contributed by atoms with Crippen LogP contribution >= 0.6 is 11.3 Å². The first-order chi connectivity index (χ1) is 12.1. The van der Waals surface area contributed by atoms with Crippen LogP contribution in [0.5, 0.6) is 5.75 Å². The Morgan fingerprint density at radius 2 is 1.92 bits per heavy atom. The second-order valence-electron chi connectivity index (χ2n) is 5.00. The number of nitro benzene ring substituents is 1. The Bertz CT molecular complexity index is 922. The molecule has 3 aromatic rings. The zero-order valence-corrected chi connectivity index (χ0v) is 13.9. The number of amides is 1. The van der Waals surface area contributed by atoms with Crippen molar-refractivity contribution in [1.29, 1.82) is 0 Å². The van der Waals surface area contributed by atoms with Crippen molar-refractivity contribution in [2.24, 2.45) is 0 Å². The largest absolute Gasteiger partial charge is 0.496 e. The normalized spacial score (nSPS) is 10.3. The summed E-state index contributed by atoms with van der Waals surface area (Å²) in [7, 11) is 1.50. The Kier molecular flexibility index (Phi) is 4.71. The van der Waals surface area contributed by atoms with Crippen LogP contribution in [0.3, 0.4) is 0 Å². The van der Waals surface area contributed by atoms with Gasteiger partial charge in [0.15, 0.2) is 5.13 Å². The Labute approximate surface area is 147 Å². The SMILES string of the molecule is COc1ccccc1C(=O)Nc1nc(-c2ccc([N+](=O)[O-])cc2)cs1. The lowest BCUT2D eigenvalue weighted by Gasteiger charge is -2.07. The molecule has 0 saturated carbocycles. The highest BCUT2D eigenvalue weighted by molar-refractivity contribution is 7.14. The lowest BCUT2D eigenvalue weighted by molar-refractivity contribution is -0.384. The molecule has 0 spiro atoms. The van der Waals surface area contributed by atoms with Gasteiger partial charge in [-0.05, 0) is 24.3 Å². The maximum Gasteiger partial charge on any atom is 0.269 e. The molecule has 0 saturated heterocycles. The maximum atomic E-state index is 12.4. The highest BCUT2D eigenvalue weighted by Gasteiger charge is 2.14. The van der Waals surface area contributed by atoms with Crippen molar-refractivity contribution >= 4 is 28.1 Å². The van der Waals surface area contributed by atoms with E-state index in [9.17, 15) is 14.9 Å². The number of rotatable bonds is 5. The monoisotopic (exact) mass is 355 g/mol. The van der Waals surface area contributed by atoms with Gasteiger partial charge in [-0.25, -0.2) is 4.98 Å². The highest BCUT2D eigenvalue weighted by Crippen LogP contribution is 2.27. The number of carbonyl (C=O) groups excluding carboxylic acids is 1. The molecule has 0 bridgehead atoms. The summed E-state index contributed by atoms with van der Waals surface area (Å²) in [5.41, 5.74) is 1.80. The minimum Gasteiger partial charge on any atom is -0.496 e. The van der Waals surface area contributed by atoms with E-state index in [0.717, 1.165) is 5.56 Å². The number of non-ortho nitro benzene ring substituents is 1. The molecule has 1 heterocycles. The zero-order valence-electron chi connectivity index (χ0n) is 13.1. The number of hydrogen-bond donors (Lipinski definition) is 1. The molecule has 1 amide bonds. The molecule has 1 N–H and O–H groups in total. The lowest BCUT2D eigenvalue weighted by Crippen LogP contribution is -2.12. The quantitative estimate of drug-likeness (QED) is 0.552. The summed E-state index contributed by atoms with van der Waals surface area (Å²) in [5, 5.41) is 15.6. The number of nitrogens with zero attached hydrogens (tertiary/aromatic N) is 2. The summed E-state index contributed by atoms with van der Waals surface area (Å²) in [5.74, 6) is 0.161. The number of benzene rings is 2. The molecule has 0 aliphatic carbocycles. The van der Waals surface area contributed by atoms with Crippen molar-refractivity contribution in [3.63, 3.8) is 0 Å². The predicted molar refractivity (Wildman–Crippen MR) is 95.2 cm³/mol. The summed E-state index contributed by atoms with van der Waals surface area (Å²) in [4.78, 5) is 27.0. The third kappa shape index (κ3) is 3.64. The van der Waals surface area contributed by atoms with Gasteiger partial charge in [-0.2, -0.15) is 0 Å². The van der Waals surface area contributed by atoms with Crippen LogP contribution in [0, 0.1) is 10.1 Å². The molecule has 0 aliphatic rings. The number of para-hydroxylation sites is 1. The molecule has 0 atom stereocenters. The first kappa shape index (κ1) is 16.6. The number of anilines is 1. The third-order valence-electron chi connectivity index (χ3n) is 3.45. The summed E-state index contributed by atoms with van der Waals surface area (Å²) >= 11 is 1.27. The molecule has 3 rings (SSSR count). The van der Waals surface area contributed by atoms with Gasteiger partial charge in [0.05, 0.1) is 23.3 Å². The van der Waals surface area contributed by atoms with Crippen LogP contribution in [-0.4, -0.2) is 22.9 Å². The first-order valence-electron chi connectivity index (χ1n) is 7.23. The third-order valence-corrected chi connectivity index (χ3v) is 4.21. The Morgan fingerprint density at radius 3 is 2.60 bits per heavy atom. The van der Waals surface area contributed by atoms with Gasteiger partial charge in [-0.3, -0.25) is 20.2 Å². The van der Waals surface area contributed by atoms with Crippen molar-refractivity contribution in [2.45, 2.75) is 0 Å². The second kappa shape index (κ2) is 7.10. The average molecular weight is 355 g/mol. The fourth-order valence-electron chi connectivity index (χ4n) is 2.21. The highest BCUT2D eigenvalue weighted by atomic mass is 32.1. The van der Waals surface area contributed by atoms with Crippen molar-refractivity contribution in [2.75, 3.05) is 12.4 Å². The minimum absolute atomic E-state index is 0.0173. The van der Waals surface area contributed by atoms with Crippen LogP contribution in [0.2, 0.25) is 0 Å². The van der Waals surface area contributed by atoms with E-state index < -0.39 is 4.92 Å². The molecule has 126 valence electrons. The van der Waals surface area contributed by atoms with E-state index in [0.29, 0.717) is 22.1 Å². The Hall–Kier alpha value is -3.26. The van der Waals surface area contributed by atoms with Gasteiger partial charge in [0.1, 0.15) is 5.75 Å². The van der Waals surface area contributed by atoms with Crippen LogP contribution in [0.4, 0.5) is 10.8 Å². The Morgan fingerprint density at radius 1 is 1.20 bits per heavy atom. The molecule has 25 heavy (non-hydrogen) atoms. The van der Waals surface area contributed by atoms with E-state index in [1.807, 2.05) is 0 Å². The van der Waals surface area contributed by atoms with Crippen molar-refractivity contribution in [3.8, 4) is 17.0 Å². The fraction of sp³-hybridized carbons (Fsp3) is 0.0588. The smallest absolute Gasteiger partial charge is 0.269 e. The summed E-state index contributed by atoms with van der Waals surface area (Å²) < 4.78 is 5.18. The maximum absolute atomic E-state index is 12.4. The van der Waals surface area contributed by atoms with E-state index in [-0.39, 0.29) is 11.6 Å². The van der Waals surface area contributed by atoms with Crippen LogP contribution in [-0.2, 0) is 0 Å². The van der Waals surface area contributed by atoms with E-state index >= 15 is 0 Å². The number of nitrogens with one attached hydrogen (secondary N) is 1. The topological polar surface area (TPSA) is 94.4 Å². The average Bonchev–Trinajstić information content (AvgIpc) is 3.10. The van der Waals surface area contributed by atoms with E-state index in [1.165, 1.54) is 30.6 Å². The van der Waals surface area contributed by atoms with Crippen LogP contribution in [0.15, 0.2) is 53.9 Å². The molecule has 0 fully saturated rings. The molecule has 0 radical (unpaired) electrons. The predicted octanol–water partition coefficient (Wildman–Crippen LogP) is 3.98. The van der Waals surface area contributed by atoms with Gasteiger partial charge in [0, 0.05) is 23.1 Å². The van der Waals surface area contributed by atoms with Gasteiger partial charge >= 0.3 is 0 Å². The second-order valence-corrected chi connectivity index (χ2v) is 5.85. The minimum atomic E-state index is -0.455. The van der Waals surface area contributed by atoms with Gasteiger partial charge in [0.2, 0.25) is 0 Å². The molecule has 7 nitrogen and oxygen atoms in total. The number of thiazole rings is 1. The molecular formula is C17H13N3O4S. The molecule has 2 aromatic carbocycles. The van der Waals surface area contributed by atoms with E-state index in [1.54, 1.807) is 41.8 Å². The number of nitro groups is 1. The summed E-state index contributed by atoms with van der Waals surface area (Å²) in [6, 6.07) is 13.0. The van der Waals surface area contributed by atoms with Crippen molar-refractivity contribution in [1.82, 2.24) is 4.98 Å². The van der Waals surface area contributed by atoms with Crippen LogP contribution in [0.1, 0.15) is 10.4 Å². The number of aromatic nitrogens is 1. The summed E-state index contributed by atoms with van der Waals surface area (Å²) in [6.45, 7) is 0. The molecule has 0 unspecified atom stereocenters. The molecule has 0 aliphatic heterocycles. The first-order valence-corrected chi connectivity index (χ1v) is 8.11. The standard InChI is InChI=1S/C17H13N3O4S/c1-24-15-5-3-2-4-13(15)16(21)19-17-18-14(10-25-17)11-6-8-12(9-7-11)20(22)23/h2-10H,1H3,(H,18,19,21). The Balaban J connectivity index is 1.77. The zero-order chi connectivity index (χ0) is 17.8. The van der Waals surface area contributed by atoms with Crippen molar-refractivity contribution in [3.05, 3.63) is 69.6 Å². The summed E-state index contributed by atoms with van der Waals surface area (Å²) in [6.07, 6.45) is 0. The van der Waals surface area contributed by atoms with Gasteiger partial charge < -0.3 is 4.74 Å². The lowest BCUT2D eigenvalue weighted by atomic mass is 10.1. The van der Waals surface area contributed by atoms with E-state index in [2.05, 4.69) is 10.3 Å². The number of methoxy groups -OCH3 is 1. The van der Waals surface area contributed by atoms with Gasteiger partial charge in [0.25, 0.3) is 11.6 Å². The van der Waals surface area contributed by atoms with Gasteiger partial charge in [-0.15, -0.1) is 11.3 Å². The number of carbonyl (C=O) groups is 1. The van der Waals surface area contributed by atoms with E-state index in [4.69, 9.17) is 4.74 Å². The van der Waals surface area contributed by atoms with Crippen LogP contribution in [0.25, 0.3) is 11.3 Å². The van der Waals surface area contributed by atoms with Gasteiger partial charge in [-0.1, -0.05) is 12.1 Å². The van der Waals surface area contributed by atoms with Crippen molar-refractivity contribution < 1.29 is 14.5 Å². The molecular weight excluding hydrogens is 342 g/mol. The number of ether oxygens (including phenoxy) is 1.